The molecule has 1 atom stereocenters. The van der Waals surface area contributed by atoms with E-state index >= 15 is 0 Å². The maximum atomic E-state index is 12.7. The van der Waals surface area contributed by atoms with Crippen LogP contribution in [0.4, 0.5) is 5.69 Å². The molecule has 0 spiro atoms. The van der Waals surface area contributed by atoms with Crippen molar-refractivity contribution in [2.24, 2.45) is 5.73 Å². The Kier molecular flexibility index (Phi) is 6.17. The van der Waals surface area contributed by atoms with E-state index < -0.39 is 28.0 Å². The Morgan fingerprint density at radius 1 is 0.933 bits per heavy atom. The van der Waals surface area contributed by atoms with E-state index in [2.05, 4.69) is 4.72 Å². The third-order valence-corrected chi connectivity index (χ3v) is 5.61. The number of nitrogens with one attached hydrogen (secondary N) is 1. The fraction of sp³-hybridized carbons (Fsp3) is 0.0909. The van der Waals surface area contributed by atoms with Gasteiger partial charge in [-0.15, -0.1) is 0 Å². The van der Waals surface area contributed by atoms with Gasteiger partial charge in [0.05, 0.1) is 10.5 Å². The van der Waals surface area contributed by atoms with Crippen molar-refractivity contribution in [2.45, 2.75) is 17.9 Å². The van der Waals surface area contributed by atoms with Crippen molar-refractivity contribution < 1.29 is 22.7 Å². The maximum Gasteiger partial charge on any atom is 0.339 e. The van der Waals surface area contributed by atoms with Gasteiger partial charge >= 0.3 is 5.97 Å². The van der Waals surface area contributed by atoms with Crippen LogP contribution >= 0.6 is 0 Å². The quantitative estimate of drug-likeness (QED) is 0.565. The van der Waals surface area contributed by atoms with E-state index in [0.29, 0.717) is 11.3 Å². The third kappa shape index (κ3) is 5.03. The predicted molar refractivity (Wildman–Crippen MR) is 112 cm³/mol. The molecule has 8 heteroatoms. The number of amides is 1. The van der Waals surface area contributed by atoms with E-state index in [1.807, 2.05) is 13.0 Å². The molecule has 7 nitrogen and oxygen atoms in total. The number of carbonyl (C=O) groups is 2. The minimum Gasteiger partial charge on any atom is -0.444 e. The highest BCUT2D eigenvalue weighted by Crippen LogP contribution is 2.21. The third-order valence-electron chi connectivity index (χ3n) is 4.24. The molecule has 30 heavy (non-hydrogen) atoms. The molecule has 3 N–H and O–H groups in total. The van der Waals surface area contributed by atoms with Crippen molar-refractivity contribution in [3.63, 3.8) is 0 Å². The molecule has 0 saturated heterocycles. The van der Waals surface area contributed by atoms with Crippen LogP contribution in [0.2, 0.25) is 0 Å². The lowest BCUT2D eigenvalue weighted by molar-refractivity contribution is -0.127. The van der Waals surface area contributed by atoms with Crippen LogP contribution in [0.25, 0.3) is 0 Å². The summed E-state index contributed by atoms with van der Waals surface area (Å²) in [7, 11) is -3.93. The lowest BCUT2D eigenvalue weighted by atomic mass is 10.1. The summed E-state index contributed by atoms with van der Waals surface area (Å²) >= 11 is 0. The van der Waals surface area contributed by atoms with Gasteiger partial charge in [-0.25, -0.2) is 13.2 Å². The number of rotatable bonds is 7. The minimum absolute atomic E-state index is 0.0238. The molecule has 0 aromatic heterocycles. The van der Waals surface area contributed by atoms with E-state index in [9.17, 15) is 18.0 Å². The lowest BCUT2D eigenvalue weighted by Gasteiger charge is -2.15. The average Bonchev–Trinajstić information content (AvgIpc) is 2.72. The molecule has 1 amide bonds. The summed E-state index contributed by atoms with van der Waals surface area (Å²) in [5.74, 6) is -1.70. The van der Waals surface area contributed by atoms with Crippen molar-refractivity contribution in [3.8, 4) is 0 Å². The molecule has 0 fully saturated rings. The smallest absolute Gasteiger partial charge is 0.339 e. The van der Waals surface area contributed by atoms with E-state index in [-0.39, 0.29) is 10.5 Å². The lowest BCUT2D eigenvalue weighted by Crippen LogP contribution is -2.26. The number of primary amides is 1. The second-order valence-electron chi connectivity index (χ2n) is 6.60. The highest BCUT2D eigenvalue weighted by Gasteiger charge is 2.24. The predicted octanol–water partition coefficient (Wildman–Crippen LogP) is 3.18. The summed E-state index contributed by atoms with van der Waals surface area (Å²) in [5, 5.41) is 0. The normalized spacial score (nSPS) is 12.0. The van der Waals surface area contributed by atoms with Crippen LogP contribution in [-0.2, 0) is 19.6 Å². The van der Waals surface area contributed by atoms with Crippen LogP contribution in [0, 0.1) is 6.92 Å². The molecular weight excluding hydrogens is 404 g/mol. The highest BCUT2D eigenvalue weighted by atomic mass is 32.2. The first kappa shape index (κ1) is 21.1. The number of benzene rings is 3. The van der Waals surface area contributed by atoms with Gasteiger partial charge in [0, 0.05) is 11.3 Å². The number of hydrogen-bond donors (Lipinski definition) is 2. The topological polar surface area (TPSA) is 116 Å². The van der Waals surface area contributed by atoms with Crippen LogP contribution < -0.4 is 10.5 Å². The summed E-state index contributed by atoms with van der Waals surface area (Å²) < 4.78 is 33.1. The number of anilines is 1. The van der Waals surface area contributed by atoms with Gasteiger partial charge in [0.1, 0.15) is 0 Å². The molecule has 3 aromatic carbocycles. The zero-order valence-corrected chi connectivity index (χ0v) is 16.9. The van der Waals surface area contributed by atoms with Gasteiger partial charge in [-0.1, -0.05) is 48.5 Å². The van der Waals surface area contributed by atoms with E-state index in [1.54, 1.807) is 48.5 Å². The molecule has 0 aliphatic rings. The minimum atomic E-state index is -3.93. The summed E-state index contributed by atoms with van der Waals surface area (Å²) in [5.41, 5.74) is 7.06. The standard InChI is InChI=1S/C22H20N2O5S/c1-15-7-5-11-18(13-15)24-30(27,28)19-12-6-10-17(14-19)22(26)29-20(21(23)25)16-8-3-2-4-9-16/h2-14,20,24H,1H3,(H2,23,25). The van der Waals surface area contributed by atoms with E-state index in [1.165, 1.54) is 24.3 Å². The van der Waals surface area contributed by atoms with Crippen LogP contribution in [-0.4, -0.2) is 20.3 Å². The summed E-state index contributed by atoms with van der Waals surface area (Å²) in [4.78, 5) is 24.2. The number of carbonyl (C=O) groups excluding carboxylic acids is 2. The molecule has 1 unspecified atom stereocenters. The molecule has 3 rings (SSSR count). The summed E-state index contributed by atoms with van der Waals surface area (Å²) in [6.07, 6.45) is -1.29. The SMILES string of the molecule is Cc1cccc(NS(=O)(=O)c2cccc(C(=O)OC(C(N)=O)c3ccccc3)c2)c1. The fourth-order valence-corrected chi connectivity index (χ4v) is 3.90. The largest absolute Gasteiger partial charge is 0.444 e. The average molecular weight is 424 g/mol. The molecule has 0 aliphatic heterocycles. The Balaban J connectivity index is 1.83. The summed E-state index contributed by atoms with van der Waals surface area (Å²) in [6, 6.07) is 20.6. The first-order valence-electron chi connectivity index (χ1n) is 9.01. The molecule has 0 heterocycles. The Labute approximate surface area is 174 Å². The van der Waals surface area contributed by atoms with Gasteiger partial charge in [-0.2, -0.15) is 0 Å². The van der Waals surface area contributed by atoms with E-state index in [0.717, 1.165) is 5.56 Å². The number of esters is 1. The second-order valence-corrected chi connectivity index (χ2v) is 8.28. The Morgan fingerprint density at radius 2 is 1.63 bits per heavy atom. The monoisotopic (exact) mass is 424 g/mol. The van der Waals surface area contributed by atoms with Crippen molar-refractivity contribution in [2.75, 3.05) is 4.72 Å². The molecule has 0 saturated carbocycles. The molecule has 0 radical (unpaired) electrons. The Bertz CT molecular complexity index is 1180. The first-order chi connectivity index (χ1) is 14.3. The number of ether oxygens (including phenoxy) is 1. The molecular formula is C22H20N2O5S. The van der Waals surface area contributed by atoms with Crippen molar-refractivity contribution in [1.29, 1.82) is 0 Å². The van der Waals surface area contributed by atoms with Gasteiger partial charge in [-0.3, -0.25) is 9.52 Å². The van der Waals surface area contributed by atoms with Crippen LogP contribution in [0.15, 0.2) is 83.8 Å². The van der Waals surface area contributed by atoms with Crippen LogP contribution in [0.5, 0.6) is 0 Å². The number of nitrogens with two attached hydrogens (primary N) is 1. The maximum absolute atomic E-state index is 12.7. The number of sulfonamides is 1. The van der Waals surface area contributed by atoms with Gasteiger partial charge < -0.3 is 10.5 Å². The Hall–Kier alpha value is -3.65. The van der Waals surface area contributed by atoms with E-state index in [4.69, 9.17) is 10.5 Å². The molecule has 154 valence electrons. The molecule has 3 aromatic rings. The first-order valence-corrected chi connectivity index (χ1v) is 10.5. The van der Waals surface area contributed by atoms with Crippen molar-refractivity contribution in [1.82, 2.24) is 0 Å². The van der Waals surface area contributed by atoms with Gasteiger partial charge in [-0.05, 0) is 42.8 Å². The fourth-order valence-electron chi connectivity index (χ4n) is 2.81. The molecule has 0 bridgehead atoms. The second kappa shape index (κ2) is 8.79. The molecule has 0 aliphatic carbocycles. The number of aryl methyl sites for hydroxylation is 1. The zero-order valence-electron chi connectivity index (χ0n) is 16.1. The van der Waals surface area contributed by atoms with Gasteiger partial charge in [0.15, 0.2) is 0 Å². The van der Waals surface area contributed by atoms with Crippen LogP contribution in [0.3, 0.4) is 0 Å². The number of hydrogen-bond acceptors (Lipinski definition) is 5. The summed E-state index contributed by atoms with van der Waals surface area (Å²) in [6.45, 7) is 1.84. The van der Waals surface area contributed by atoms with Gasteiger partial charge in [0.25, 0.3) is 15.9 Å². The van der Waals surface area contributed by atoms with Crippen LogP contribution in [0.1, 0.15) is 27.6 Å². The Morgan fingerprint density at radius 3 is 2.30 bits per heavy atom. The van der Waals surface area contributed by atoms with Crippen molar-refractivity contribution >= 4 is 27.6 Å². The zero-order chi connectivity index (χ0) is 21.7. The highest BCUT2D eigenvalue weighted by molar-refractivity contribution is 7.92. The van der Waals surface area contributed by atoms with Crippen molar-refractivity contribution in [3.05, 3.63) is 95.6 Å². The van der Waals surface area contributed by atoms with Gasteiger partial charge in [0.2, 0.25) is 6.10 Å².